The number of hydrogen-bond donors (Lipinski definition) is 1. The third-order valence-corrected chi connectivity index (χ3v) is 4.90. The largest absolute Gasteiger partial charge is 0.353 e. The Morgan fingerprint density at radius 2 is 1.61 bits per heavy atom. The molecule has 0 aliphatic carbocycles. The van der Waals surface area contributed by atoms with Crippen molar-refractivity contribution in [3.63, 3.8) is 0 Å². The van der Waals surface area contributed by atoms with Gasteiger partial charge in [-0.25, -0.2) is 19.9 Å². The Balaban J connectivity index is 1.45. The van der Waals surface area contributed by atoms with Crippen molar-refractivity contribution in [2.45, 2.75) is 20.3 Å². The molecule has 0 amide bonds. The van der Waals surface area contributed by atoms with Crippen molar-refractivity contribution in [2.75, 3.05) is 41.3 Å². The Hall–Kier alpha value is -3.22. The third kappa shape index (κ3) is 4.19. The van der Waals surface area contributed by atoms with Crippen molar-refractivity contribution in [1.29, 1.82) is 0 Å². The molecule has 0 radical (unpaired) electrons. The van der Waals surface area contributed by atoms with Crippen LogP contribution in [0.15, 0.2) is 48.8 Å². The first kappa shape index (κ1) is 18.2. The van der Waals surface area contributed by atoms with Crippen LogP contribution in [0.3, 0.4) is 0 Å². The molecular weight excluding hydrogens is 350 g/mol. The van der Waals surface area contributed by atoms with E-state index in [2.05, 4.69) is 66.2 Å². The fourth-order valence-electron chi connectivity index (χ4n) is 3.34. The van der Waals surface area contributed by atoms with Crippen LogP contribution in [0.1, 0.15) is 18.3 Å². The molecule has 3 heterocycles. The molecule has 1 aliphatic rings. The molecule has 3 aromatic rings. The lowest BCUT2D eigenvalue weighted by molar-refractivity contribution is 0.633. The standard InChI is InChI=1S/C21H25N7/c1-3-17-5-7-18(8-6-17)26-19-15-20(25-16(2)24-19)27-11-13-28(14-12-27)21-22-9-4-10-23-21/h4-10,15H,3,11-14H2,1-2H3,(H,24,25,26). The summed E-state index contributed by atoms with van der Waals surface area (Å²) < 4.78 is 0. The van der Waals surface area contributed by atoms with Crippen molar-refractivity contribution < 1.29 is 0 Å². The molecule has 1 aliphatic heterocycles. The molecule has 0 saturated carbocycles. The Morgan fingerprint density at radius 1 is 0.929 bits per heavy atom. The Bertz CT molecular complexity index is 904. The highest BCUT2D eigenvalue weighted by Gasteiger charge is 2.20. The van der Waals surface area contributed by atoms with Gasteiger partial charge in [0.25, 0.3) is 0 Å². The number of benzene rings is 1. The molecule has 1 fully saturated rings. The van der Waals surface area contributed by atoms with Crippen LogP contribution >= 0.6 is 0 Å². The van der Waals surface area contributed by atoms with Crippen LogP contribution in [-0.4, -0.2) is 46.1 Å². The minimum absolute atomic E-state index is 0.763. The molecule has 144 valence electrons. The first-order valence-corrected chi connectivity index (χ1v) is 9.70. The lowest BCUT2D eigenvalue weighted by Crippen LogP contribution is -2.47. The fourth-order valence-corrected chi connectivity index (χ4v) is 3.34. The van der Waals surface area contributed by atoms with Crippen LogP contribution in [0.25, 0.3) is 0 Å². The average Bonchev–Trinajstić information content (AvgIpc) is 2.75. The summed E-state index contributed by atoms with van der Waals surface area (Å²) >= 11 is 0. The van der Waals surface area contributed by atoms with Crippen LogP contribution in [0.2, 0.25) is 0 Å². The van der Waals surface area contributed by atoms with Gasteiger partial charge < -0.3 is 15.1 Å². The number of anilines is 4. The smallest absolute Gasteiger partial charge is 0.225 e. The highest BCUT2D eigenvalue weighted by atomic mass is 15.3. The maximum atomic E-state index is 4.65. The van der Waals surface area contributed by atoms with Gasteiger partial charge in [-0.1, -0.05) is 19.1 Å². The van der Waals surface area contributed by atoms with Gasteiger partial charge in [-0.05, 0) is 37.1 Å². The van der Waals surface area contributed by atoms with Crippen molar-refractivity contribution >= 4 is 23.3 Å². The zero-order valence-corrected chi connectivity index (χ0v) is 16.3. The van der Waals surface area contributed by atoms with E-state index in [4.69, 9.17) is 0 Å². The maximum absolute atomic E-state index is 4.65. The predicted octanol–water partition coefficient (Wildman–Crippen LogP) is 3.21. The van der Waals surface area contributed by atoms with Crippen LogP contribution in [0.4, 0.5) is 23.3 Å². The monoisotopic (exact) mass is 375 g/mol. The van der Waals surface area contributed by atoms with E-state index < -0.39 is 0 Å². The first-order chi connectivity index (χ1) is 13.7. The van der Waals surface area contributed by atoms with E-state index >= 15 is 0 Å². The fraction of sp³-hybridized carbons (Fsp3) is 0.333. The number of aromatic nitrogens is 4. The molecule has 1 saturated heterocycles. The third-order valence-electron chi connectivity index (χ3n) is 4.90. The number of nitrogens with one attached hydrogen (secondary N) is 1. The molecule has 0 atom stereocenters. The normalized spacial score (nSPS) is 14.2. The molecule has 1 N–H and O–H groups in total. The quantitative estimate of drug-likeness (QED) is 0.734. The molecular formula is C21H25N7. The summed E-state index contributed by atoms with van der Waals surface area (Å²) in [6.07, 6.45) is 4.61. The molecule has 28 heavy (non-hydrogen) atoms. The van der Waals surface area contributed by atoms with E-state index in [1.54, 1.807) is 12.4 Å². The summed E-state index contributed by atoms with van der Waals surface area (Å²) in [5.41, 5.74) is 2.36. The van der Waals surface area contributed by atoms with E-state index in [1.165, 1.54) is 5.56 Å². The number of piperazine rings is 1. The lowest BCUT2D eigenvalue weighted by Gasteiger charge is -2.35. The Morgan fingerprint density at radius 3 is 2.29 bits per heavy atom. The predicted molar refractivity (Wildman–Crippen MR) is 112 cm³/mol. The second-order valence-corrected chi connectivity index (χ2v) is 6.86. The number of aryl methyl sites for hydroxylation is 2. The van der Waals surface area contributed by atoms with Gasteiger partial charge >= 0.3 is 0 Å². The summed E-state index contributed by atoms with van der Waals surface area (Å²) in [7, 11) is 0. The van der Waals surface area contributed by atoms with E-state index in [-0.39, 0.29) is 0 Å². The van der Waals surface area contributed by atoms with Crippen molar-refractivity contribution in [1.82, 2.24) is 19.9 Å². The van der Waals surface area contributed by atoms with Crippen LogP contribution in [0.5, 0.6) is 0 Å². The van der Waals surface area contributed by atoms with Crippen molar-refractivity contribution in [2.24, 2.45) is 0 Å². The van der Waals surface area contributed by atoms with Gasteiger partial charge in [-0.3, -0.25) is 0 Å². The van der Waals surface area contributed by atoms with Gasteiger partial charge in [-0.2, -0.15) is 0 Å². The zero-order valence-electron chi connectivity index (χ0n) is 16.3. The van der Waals surface area contributed by atoms with Gasteiger partial charge in [0, 0.05) is 50.3 Å². The molecule has 0 spiro atoms. The van der Waals surface area contributed by atoms with E-state index in [0.717, 1.165) is 61.7 Å². The summed E-state index contributed by atoms with van der Waals surface area (Å²) in [5.74, 6) is 3.33. The van der Waals surface area contributed by atoms with Gasteiger partial charge in [-0.15, -0.1) is 0 Å². The summed E-state index contributed by atoms with van der Waals surface area (Å²) in [6, 6.07) is 12.3. The van der Waals surface area contributed by atoms with Crippen LogP contribution in [0, 0.1) is 6.92 Å². The van der Waals surface area contributed by atoms with E-state index in [1.807, 2.05) is 19.1 Å². The van der Waals surface area contributed by atoms with Crippen LogP contribution in [-0.2, 0) is 6.42 Å². The van der Waals surface area contributed by atoms with E-state index in [9.17, 15) is 0 Å². The Labute approximate surface area is 165 Å². The first-order valence-electron chi connectivity index (χ1n) is 9.70. The molecule has 4 rings (SSSR count). The van der Waals surface area contributed by atoms with Crippen molar-refractivity contribution in [3.8, 4) is 0 Å². The summed E-state index contributed by atoms with van der Waals surface area (Å²) in [6.45, 7) is 7.58. The van der Waals surface area contributed by atoms with Crippen LogP contribution < -0.4 is 15.1 Å². The van der Waals surface area contributed by atoms with Gasteiger partial charge in [0.1, 0.15) is 17.5 Å². The van der Waals surface area contributed by atoms with Gasteiger partial charge in [0.2, 0.25) is 5.95 Å². The number of rotatable bonds is 5. The lowest BCUT2D eigenvalue weighted by atomic mass is 10.1. The highest BCUT2D eigenvalue weighted by Crippen LogP contribution is 2.22. The minimum Gasteiger partial charge on any atom is -0.353 e. The maximum Gasteiger partial charge on any atom is 0.225 e. The molecule has 7 nitrogen and oxygen atoms in total. The molecule has 0 bridgehead atoms. The minimum atomic E-state index is 0.763. The van der Waals surface area contributed by atoms with Crippen molar-refractivity contribution in [3.05, 3.63) is 60.2 Å². The zero-order chi connectivity index (χ0) is 19.3. The molecule has 1 aromatic carbocycles. The molecule has 7 heteroatoms. The van der Waals surface area contributed by atoms with Gasteiger partial charge in [0.05, 0.1) is 0 Å². The molecule has 2 aromatic heterocycles. The van der Waals surface area contributed by atoms with Gasteiger partial charge in [0.15, 0.2) is 0 Å². The summed E-state index contributed by atoms with van der Waals surface area (Å²) in [5, 5.41) is 3.40. The highest BCUT2D eigenvalue weighted by molar-refractivity contribution is 5.60. The molecule has 0 unspecified atom stereocenters. The average molecular weight is 375 g/mol. The summed E-state index contributed by atoms with van der Waals surface area (Å²) in [4.78, 5) is 22.4. The Kier molecular flexibility index (Phi) is 5.32. The second-order valence-electron chi connectivity index (χ2n) is 6.86. The van der Waals surface area contributed by atoms with E-state index in [0.29, 0.717) is 0 Å². The second kappa shape index (κ2) is 8.21. The topological polar surface area (TPSA) is 70.1 Å². The number of nitrogens with zero attached hydrogens (tertiary/aromatic N) is 6. The number of hydrogen-bond acceptors (Lipinski definition) is 7. The SMILES string of the molecule is CCc1ccc(Nc2cc(N3CCN(c4ncccn4)CC3)nc(C)n2)cc1.